The number of hydrogen-bond donors (Lipinski definition) is 1. The number of aromatic nitrogens is 2. The molecular weight excluding hydrogens is 202 g/mol. The van der Waals surface area contributed by atoms with E-state index >= 15 is 0 Å². The van der Waals surface area contributed by atoms with E-state index in [1.165, 1.54) is 0 Å². The second-order valence-corrected chi connectivity index (χ2v) is 3.77. The van der Waals surface area contributed by atoms with Gasteiger partial charge in [0.05, 0.1) is 12.2 Å². The van der Waals surface area contributed by atoms with E-state index in [4.69, 9.17) is 4.74 Å². The van der Waals surface area contributed by atoms with Crippen LogP contribution in [0.2, 0.25) is 0 Å². The maximum absolute atomic E-state index is 5.62. The van der Waals surface area contributed by atoms with Crippen LogP contribution in [0.25, 0.3) is 0 Å². The highest BCUT2D eigenvalue weighted by Crippen LogP contribution is 2.22. The Morgan fingerprint density at radius 2 is 1.94 bits per heavy atom. The highest BCUT2D eigenvalue weighted by Gasteiger charge is 2.10. The molecule has 0 saturated carbocycles. The minimum Gasteiger partial charge on any atom is -0.477 e. The average Bonchev–Trinajstić information content (AvgIpc) is 2.29. The summed E-state index contributed by atoms with van der Waals surface area (Å²) in [6.45, 7) is 6.89. The number of nitrogens with one attached hydrogen (secondary N) is 1. The van der Waals surface area contributed by atoms with Crippen molar-refractivity contribution in [3.63, 3.8) is 0 Å². The van der Waals surface area contributed by atoms with Crippen LogP contribution >= 0.6 is 0 Å². The first-order chi connectivity index (χ1) is 7.72. The Morgan fingerprint density at radius 1 is 1.19 bits per heavy atom. The summed E-state index contributed by atoms with van der Waals surface area (Å²) >= 11 is 0. The molecule has 90 valence electrons. The fourth-order valence-electron chi connectivity index (χ4n) is 1.46. The zero-order valence-electron chi connectivity index (χ0n) is 10.6. The van der Waals surface area contributed by atoms with Gasteiger partial charge in [-0.3, -0.25) is 0 Å². The fraction of sp³-hybridized carbons (Fsp3) is 0.667. The number of nitrogens with zero attached hydrogens (tertiary/aromatic N) is 2. The second-order valence-electron chi connectivity index (χ2n) is 3.77. The minimum absolute atomic E-state index is 0.701. The SMILES string of the molecule is CCCOc1nc(CCC)nc(NC)c1C. The van der Waals surface area contributed by atoms with E-state index in [9.17, 15) is 0 Å². The maximum atomic E-state index is 5.62. The zero-order valence-corrected chi connectivity index (χ0v) is 10.6. The monoisotopic (exact) mass is 223 g/mol. The topological polar surface area (TPSA) is 47.0 Å². The molecule has 0 aliphatic carbocycles. The van der Waals surface area contributed by atoms with Gasteiger partial charge < -0.3 is 10.1 Å². The van der Waals surface area contributed by atoms with Gasteiger partial charge in [-0.1, -0.05) is 13.8 Å². The van der Waals surface area contributed by atoms with Crippen molar-refractivity contribution >= 4 is 5.82 Å². The summed E-state index contributed by atoms with van der Waals surface area (Å²) in [5, 5.41) is 3.08. The summed E-state index contributed by atoms with van der Waals surface area (Å²) in [6.07, 6.45) is 2.91. The lowest BCUT2D eigenvalue weighted by Crippen LogP contribution is -2.07. The molecule has 0 amide bonds. The standard InChI is InChI=1S/C12H21N3O/c1-5-7-10-14-11(13-4)9(3)12(15-10)16-8-6-2/h5-8H2,1-4H3,(H,13,14,15). The van der Waals surface area contributed by atoms with Crippen molar-refractivity contribution in [3.05, 3.63) is 11.4 Å². The van der Waals surface area contributed by atoms with Crippen LogP contribution in [0.3, 0.4) is 0 Å². The van der Waals surface area contributed by atoms with Crippen LogP contribution in [-0.2, 0) is 6.42 Å². The largest absolute Gasteiger partial charge is 0.477 e. The van der Waals surface area contributed by atoms with Crippen molar-refractivity contribution in [2.24, 2.45) is 0 Å². The van der Waals surface area contributed by atoms with Crippen molar-refractivity contribution in [2.45, 2.75) is 40.0 Å². The van der Waals surface area contributed by atoms with Crippen LogP contribution < -0.4 is 10.1 Å². The third-order valence-corrected chi connectivity index (χ3v) is 2.30. The molecule has 0 bridgehead atoms. The number of hydrogen-bond acceptors (Lipinski definition) is 4. The van der Waals surface area contributed by atoms with E-state index in [1.54, 1.807) is 0 Å². The molecule has 4 heteroatoms. The molecule has 0 radical (unpaired) electrons. The minimum atomic E-state index is 0.701. The number of ether oxygens (including phenoxy) is 1. The Balaban J connectivity index is 2.98. The van der Waals surface area contributed by atoms with Crippen molar-refractivity contribution in [2.75, 3.05) is 19.0 Å². The molecule has 0 aliphatic heterocycles. The smallest absolute Gasteiger partial charge is 0.221 e. The van der Waals surface area contributed by atoms with Gasteiger partial charge in [-0.05, 0) is 19.8 Å². The molecular formula is C12H21N3O. The molecule has 0 spiro atoms. The predicted molar refractivity (Wildman–Crippen MR) is 66.1 cm³/mol. The normalized spacial score (nSPS) is 10.2. The summed E-state index contributed by atoms with van der Waals surface area (Å²) in [6, 6.07) is 0. The molecule has 1 rings (SSSR count). The molecule has 1 aromatic heterocycles. The number of rotatable bonds is 6. The molecule has 1 heterocycles. The molecule has 0 aromatic carbocycles. The van der Waals surface area contributed by atoms with Gasteiger partial charge in [0.25, 0.3) is 0 Å². The predicted octanol–water partition coefficient (Wildman–Crippen LogP) is 2.57. The van der Waals surface area contributed by atoms with Gasteiger partial charge >= 0.3 is 0 Å². The zero-order chi connectivity index (χ0) is 12.0. The lowest BCUT2D eigenvalue weighted by Gasteiger charge is -2.12. The Hall–Kier alpha value is -1.32. The van der Waals surface area contributed by atoms with Crippen molar-refractivity contribution in [1.29, 1.82) is 0 Å². The molecule has 4 nitrogen and oxygen atoms in total. The van der Waals surface area contributed by atoms with E-state index in [0.29, 0.717) is 12.5 Å². The highest BCUT2D eigenvalue weighted by molar-refractivity contribution is 5.48. The van der Waals surface area contributed by atoms with Crippen LogP contribution in [-0.4, -0.2) is 23.6 Å². The third kappa shape index (κ3) is 3.08. The number of anilines is 1. The summed E-state index contributed by atoms with van der Waals surface area (Å²) in [7, 11) is 1.87. The van der Waals surface area contributed by atoms with Crippen LogP contribution in [0.4, 0.5) is 5.82 Å². The molecule has 1 aromatic rings. The molecule has 0 aliphatic rings. The molecule has 0 unspecified atom stereocenters. The molecule has 0 fully saturated rings. The first kappa shape index (κ1) is 12.7. The Bertz CT molecular complexity index is 339. The van der Waals surface area contributed by atoms with E-state index in [0.717, 1.165) is 36.5 Å². The molecule has 16 heavy (non-hydrogen) atoms. The van der Waals surface area contributed by atoms with Crippen molar-refractivity contribution < 1.29 is 4.74 Å². The van der Waals surface area contributed by atoms with E-state index < -0.39 is 0 Å². The van der Waals surface area contributed by atoms with E-state index in [-0.39, 0.29) is 0 Å². The van der Waals surface area contributed by atoms with Gasteiger partial charge in [0.15, 0.2) is 0 Å². The van der Waals surface area contributed by atoms with Gasteiger partial charge in [0.1, 0.15) is 11.6 Å². The van der Waals surface area contributed by atoms with Crippen molar-refractivity contribution in [3.8, 4) is 5.88 Å². The van der Waals surface area contributed by atoms with Gasteiger partial charge in [0.2, 0.25) is 5.88 Å². The summed E-state index contributed by atoms with van der Waals surface area (Å²) in [5.41, 5.74) is 0.982. The Labute approximate surface area is 97.5 Å². The van der Waals surface area contributed by atoms with Crippen LogP contribution in [0.15, 0.2) is 0 Å². The first-order valence-electron chi connectivity index (χ1n) is 5.90. The van der Waals surface area contributed by atoms with Gasteiger partial charge in [-0.25, -0.2) is 4.98 Å². The summed E-state index contributed by atoms with van der Waals surface area (Å²) in [4.78, 5) is 8.88. The second kappa shape index (κ2) is 6.30. The van der Waals surface area contributed by atoms with Gasteiger partial charge in [0, 0.05) is 13.5 Å². The molecule has 0 saturated heterocycles. The molecule has 1 N–H and O–H groups in total. The van der Waals surface area contributed by atoms with E-state index in [2.05, 4.69) is 29.1 Å². The van der Waals surface area contributed by atoms with E-state index in [1.807, 2.05) is 14.0 Å². The van der Waals surface area contributed by atoms with Crippen molar-refractivity contribution in [1.82, 2.24) is 9.97 Å². The Morgan fingerprint density at radius 3 is 2.50 bits per heavy atom. The fourth-order valence-corrected chi connectivity index (χ4v) is 1.46. The van der Waals surface area contributed by atoms with Gasteiger partial charge in [-0.15, -0.1) is 0 Å². The van der Waals surface area contributed by atoms with Gasteiger partial charge in [-0.2, -0.15) is 4.98 Å². The summed E-state index contributed by atoms with van der Waals surface area (Å²) in [5.74, 6) is 2.43. The van der Waals surface area contributed by atoms with Crippen LogP contribution in [0, 0.1) is 6.92 Å². The first-order valence-corrected chi connectivity index (χ1v) is 5.90. The molecule has 0 atom stereocenters. The summed E-state index contributed by atoms with van der Waals surface area (Å²) < 4.78 is 5.62. The third-order valence-electron chi connectivity index (χ3n) is 2.30. The maximum Gasteiger partial charge on any atom is 0.221 e. The highest BCUT2D eigenvalue weighted by atomic mass is 16.5. The Kier molecular flexibility index (Phi) is 5.02. The van der Waals surface area contributed by atoms with Crippen LogP contribution in [0.1, 0.15) is 38.1 Å². The number of aryl methyl sites for hydroxylation is 1. The average molecular weight is 223 g/mol. The lowest BCUT2D eigenvalue weighted by atomic mass is 10.3. The quantitative estimate of drug-likeness (QED) is 0.805. The lowest BCUT2D eigenvalue weighted by molar-refractivity contribution is 0.301. The van der Waals surface area contributed by atoms with Crippen LogP contribution in [0.5, 0.6) is 5.88 Å².